The normalized spacial score (nSPS) is 11.0. The first-order valence-electron chi connectivity index (χ1n) is 7.45. The van der Waals surface area contributed by atoms with Crippen LogP contribution in [-0.2, 0) is 6.54 Å². The van der Waals surface area contributed by atoms with Crippen LogP contribution in [0.5, 0.6) is 0 Å². The minimum Gasteiger partial charge on any atom is -0.399 e. The van der Waals surface area contributed by atoms with E-state index in [4.69, 9.17) is 11.5 Å². The van der Waals surface area contributed by atoms with Crippen molar-refractivity contribution in [3.05, 3.63) is 60.4 Å². The van der Waals surface area contributed by atoms with E-state index in [0.717, 1.165) is 22.3 Å². The van der Waals surface area contributed by atoms with Crippen LogP contribution in [0.2, 0.25) is 0 Å². The van der Waals surface area contributed by atoms with Gasteiger partial charge in [-0.25, -0.2) is 9.67 Å². The number of hydrogen-bond donors (Lipinski definition) is 2. The Bertz CT molecular complexity index is 991. The summed E-state index contributed by atoms with van der Waals surface area (Å²) in [5.74, 6) is 0.196. The highest BCUT2D eigenvalue weighted by Crippen LogP contribution is 2.25. The lowest BCUT2D eigenvalue weighted by Gasteiger charge is -2.06. The van der Waals surface area contributed by atoms with E-state index in [1.54, 1.807) is 17.1 Å². The zero-order valence-corrected chi connectivity index (χ0v) is 12.8. The van der Waals surface area contributed by atoms with Gasteiger partial charge in [-0.1, -0.05) is 18.2 Å². The van der Waals surface area contributed by atoms with Gasteiger partial charge < -0.3 is 11.5 Å². The minimum atomic E-state index is 0.196. The molecule has 0 saturated carbocycles. The molecule has 7 heteroatoms. The molecule has 118 valence electrons. The molecule has 0 amide bonds. The van der Waals surface area contributed by atoms with E-state index < -0.39 is 0 Å². The molecule has 0 bridgehead atoms. The first-order chi connectivity index (χ1) is 11.7. The van der Waals surface area contributed by atoms with E-state index in [1.807, 2.05) is 42.5 Å². The summed E-state index contributed by atoms with van der Waals surface area (Å²) in [6.45, 7) is 0.571. The molecule has 3 aromatic heterocycles. The SMILES string of the molecule is Nc1ccc(Cn2ncc3c(-c4ccccn4)nc(N)nc32)cc1. The maximum Gasteiger partial charge on any atom is 0.222 e. The third kappa shape index (κ3) is 2.52. The molecular weight excluding hydrogens is 302 g/mol. The van der Waals surface area contributed by atoms with Crippen LogP contribution in [0.3, 0.4) is 0 Å². The molecule has 0 fully saturated rings. The van der Waals surface area contributed by atoms with Gasteiger partial charge in [0.05, 0.1) is 23.8 Å². The second kappa shape index (κ2) is 5.62. The van der Waals surface area contributed by atoms with Crippen molar-refractivity contribution < 1.29 is 0 Å². The molecule has 3 heterocycles. The zero-order valence-electron chi connectivity index (χ0n) is 12.8. The minimum absolute atomic E-state index is 0.196. The topological polar surface area (TPSA) is 109 Å². The molecule has 0 radical (unpaired) electrons. The molecule has 0 spiro atoms. The van der Waals surface area contributed by atoms with Crippen molar-refractivity contribution in [2.45, 2.75) is 6.54 Å². The first-order valence-corrected chi connectivity index (χ1v) is 7.45. The highest BCUT2D eigenvalue weighted by Gasteiger charge is 2.14. The van der Waals surface area contributed by atoms with E-state index in [9.17, 15) is 0 Å². The van der Waals surface area contributed by atoms with Gasteiger partial charge in [0.2, 0.25) is 5.95 Å². The molecule has 0 atom stereocenters. The highest BCUT2D eigenvalue weighted by atomic mass is 15.3. The quantitative estimate of drug-likeness (QED) is 0.560. The van der Waals surface area contributed by atoms with E-state index >= 15 is 0 Å². The number of rotatable bonds is 3. The average Bonchev–Trinajstić information content (AvgIpc) is 3.00. The highest BCUT2D eigenvalue weighted by molar-refractivity contribution is 5.89. The van der Waals surface area contributed by atoms with E-state index in [2.05, 4.69) is 20.1 Å². The predicted molar refractivity (Wildman–Crippen MR) is 92.9 cm³/mol. The van der Waals surface area contributed by atoms with Crippen LogP contribution < -0.4 is 11.5 Å². The van der Waals surface area contributed by atoms with Gasteiger partial charge in [0.1, 0.15) is 5.69 Å². The fourth-order valence-corrected chi connectivity index (χ4v) is 2.58. The van der Waals surface area contributed by atoms with Gasteiger partial charge >= 0.3 is 0 Å². The third-order valence-electron chi connectivity index (χ3n) is 3.73. The number of anilines is 2. The van der Waals surface area contributed by atoms with Crippen LogP contribution in [0.1, 0.15) is 5.56 Å². The first kappa shape index (κ1) is 14.1. The molecule has 4 N–H and O–H groups in total. The van der Waals surface area contributed by atoms with Gasteiger partial charge in [0.25, 0.3) is 0 Å². The lowest BCUT2D eigenvalue weighted by atomic mass is 10.2. The summed E-state index contributed by atoms with van der Waals surface area (Å²) in [5, 5.41) is 5.26. The summed E-state index contributed by atoms with van der Waals surface area (Å²) in [6, 6.07) is 13.3. The fraction of sp³-hybridized carbons (Fsp3) is 0.0588. The number of hydrogen-bond acceptors (Lipinski definition) is 6. The van der Waals surface area contributed by atoms with Crippen molar-refractivity contribution in [3.8, 4) is 11.4 Å². The number of nitrogens with two attached hydrogens (primary N) is 2. The number of nitrogens with zero attached hydrogens (tertiary/aromatic N) is 5. The largest absolute Gasteiger partial charge is 0.399 e. The van der Waals surface area contributed by atoms with Crippen molar-refractivity contribution in [1.29, 1.82) is 0 Å². The summed E-state index contributed by atoms with van der Waals surface area (Å²) in [7, 11) is 0. The van der Waals surface area contributed by atoms with E-state index in [0.29, 0.717) is 17.9 Å². The van der Waals surface area contributed by atoms with Gasteiger partial charge in [-0.3, -0.25) is 4.98 Å². The van der Waals surface area contributed by atoms with Gasteiger partial charge in [-0.15, -0.1) is 0 Å². The predicted octanol–water partition coefficient (Wildman–Crippen LogP) is 2.10. The molecule has 0 aliphatic rings. The Hall–Kier alpha value is -3.48. The van der Waals surface area contributed by atoms with Crippen LogP contribution in [-0.4, -0.2) is 24.7 Å². The fourth-order valence-electron chi connectivity index (χ4n) is 2.58. The van der Waals surface area contributed by atoms with Crippen molar-refractivity contribution in [3.63, 3.8) is 0 Å². The van der Waals surface area contributed by atoms with Gasteiger partial charge in [0.15, 0.2) is 5.65 Å². The second-order valence-electron chi connectivity index (χ2n) is 5.43. The molecule has 0 aliphatic heterocycles. The van der Waals surface area contributed by atoms with Crippen LogP contribution in [0.4, 0.5) is 11.6 Å². The maximum absolute atomic E-state index is 5.90. The van der Waals surface area contributed by atoms with Crippen molar-refractivity contribution in [2.75, 3.05) is 11.5 Å². The molecule has 0 aliphatic carbocycles. The average molecular weight is 317 g/mol. The van der Waals surface area contributed by atoms with Crippen LogP contribution in [0.25, 0.3) is 22.4 Å². The Morgan fingerprint density at radius 2 is 1.79 bits per heavy atom. The van der Waals surface area contributed by atoms with Crippen LogP contribution >= 0.6 is 0 Å². The molecule has 4 rings (SSSR count). The van der Waals surface area contributed by atoms with Crippen molar-refractivity contribution >= 4 is 22.7 Å². The second-order valence-corrected chi connectivity index (χ2v) is 5.43. The van der Waals surface area contributed by atoms with E-state index in [1.165, 1.54) is 0 Å². The zero-order chi connectivity index (χ0) is 16.5. The monoisotopic (exact) mass is 317 g/mol. The Kier molecular flexibility index (Phi) is 3.31. The Balaban J connectivity index is 1.82. The Morgan fingerprint density at radius 1 is 0.958 bits per heavy atom. The summed E-state index contributed by atoms with van der Waals surface area (Å²) >= 11 is 0. The maximum atomic E-state index is 5.90. The lowest BCUT2D eigenvalue weighted by Crippen LogP contribution is -2.05. The molecular formula is C17H15N7. The number of nitrogen functional groups attached to an aromatic ring is 2. The smallest absolute Gasteiger partial charge is 0.222 e. The lowest BCUT2D eigenvalue weighted by molar-refractivity contribution is 0.704. The van der Waals surface area contributed by atoms with Crippen LogP contribution in [0.15, 0.2) is 54.9 Å². The molecule has 24 heavy (non-hydrogen) atoms. The molecule has 0 unspecified atom stereocenters. The summed E-state index contributed by atoms with van der Waals surface area (Å²) < 4.78 is 1.80. The Morgan fingerprint density at radius 3 is 2.54 bits per heavy atom. The summed E-state index contributed by atoms with van der Waals surface area (Å²) in [5.41, 5.74) is 15.5. The van der Waals surface area contributed by atoms with E-state index in [-0.39, 0.29) is 5.95 Å². The Labute approximate surface area is 138 Å². The van der Waals surface area contributed by atoms with Gasteiger partial charge in [0, 0.05) is 11.9 Å². The van der Waals surface area contributed by atoms with Gasteiger partial charge in [-0.05, 0) is 29.8 Å². The molecule has 1 aromatic carbocycles. The number of fused-ring (bicyclic) bond motifs is 1. The van der Waals surface area contributed by atoms with Gasteiger partial charge in [-0.2, -0.15) is 10.1 Å². The van der Waals surface area contributed by atoms with Crippen molar-refractivity contribution in [1.82, 2.24) is 24.7 Å². The third-order valence-corrected chi connectivity index (χ3v) is 3.73. The standard InChI is InChI=1S/C17H15N7/c18-12-6-4-11(5-7-12)10-24-16-13(9-21-24)15(22-17(19)23-16)14-3-1-2-8-20-14/h1-9H,10,18H2,(H2,19,22,23). The number of pyridine rings is 1. The van der Waals surface area contributed by atoms with Crippen molar-refractivity contribution in [2.24, 2.45) is 0 Å². The summed E-state index contributed by atoms with van der Waals surface area (Å²) in [4.78, 5) is 13.0. The molecule has 7 nitrogen and oxygen atoms in total. The summed E-state index contributed by atoms with van der Waals surface area (Å²) in [6.07, 6.45) is 3.47. The molecule has 4 aromatic rings. The number of aromatic nitrogens is 5. The molecule has 0 saturated heterocycles. The number of benzene rings is 1. The van der Waals surface area contributed by atoms with Crippen LogP contribution in [0, 0.1) is 0 Å².